The zero-order valence-electron chi connectivity index (χ0n) is 10.4. The van der Waals surface area contributed by atoms with E-state index in [4.69, 9.17) is 5.11 Å². The third-order valence-corrected chi connectivity index (χ3v) is 2.67. The Labute approximate surface area is 95.6 Å². The minimum Gasteiger partial charge on any atom is -0.396 e. The maximum Gasteiger partial charge on any atom is 0.0431 e. The standard InChI is InChI=1S/C14H28O/c1-2-3-4-5-6-7-8-9-10-11-12-13-14-15/h9-10,15H,2-8,11-14H2,1H3/b10-9+. The highest BCUT2D eigenvalue weighted by Gasteiger charge is 1.88. The lowest BCUT2D eigenvalue weighted by molar-refractivity contribution is 0.285. The van der Waals surface area contributed by atoms with E-state index >= 15 is 0 Å². The predicted octanol–water partition coefficient (Wildman–Crippen LogP) is 4.46. The number of unbranched alkanes of at least 4 members (excludes halogenated alkanes) is 8. The van der Waals surface area contributed by atoms with Crippen molar-refractivity contribution in [3.63, 3.8) is 0 Å². The molecular weight excluding hydrogens is 184 g/mol. The molecule has 1 N–H and O–H groups in total. The third-order valence-electron chi connectivity index (χ3n) is 2.67. The van der Waals surface area contributed by atoms with Crippen LogP contribution in [0, 0.1) is 0 Å². The van der Waals surface area contributed by atoms with Crippen molar-refractivity contribution >= 4 is 0 Å². The van der Waals surface area contributed by atoms with E-state index < -0.39 is 0 Å². The Balaban J connectivity index is 2.96. The van der Waals surface area contributed by atoms with Crippen LogP contribution in [-0.4, -0.2) is 11.7 Å². The summed E-state index contributed by atoms with van der Waals surface area (Å²) in [4.78, 5) is 0. The van der Waals surface area contributed by atoms with Gasteiger partial charge in [0.05, 0.1) is 0 Å². The normalized spacial score (nSPS) is 11.3. The molecule has 0 saturated heterocycles. The molecule has 1 heteroatoms. The zero-order valence-corrected chi connectivity index (χ0v) is 10.4. The van der Waals surface area contributed by atoms with Crippen LogP contribution < -0.4 is 0 Å². The molecule has 0 aliphatic carbocycles. The first-order valence-corrected chi connectivity index (χ1v) is 6.67. The number of rotatable bonds is 11. The Hall–Kier alpha value is -0.300. The molecule has 0 atom stereocenters. The average molecular weight is 212 g/mol. The average Bonchev–Trinajstić information content (AvgIpc) is 2.26. The molecule has 1 nitrogen and oxygen atoms in total. The number of hydrogen-bond donors (Lipinski definition) is 1. The summed E-state index contributed by atoms with van der Waals surface area (Å²) in [6, 6.07) is 0. The Morgan fingerprint density at radius 3 is 1.87 bits per heavy atom. The van der Waals surface area contributed by atoms with Crippen molar-refractivity contribution in [1.82, 2.24) is 0 Å². The molecule has 90 valence electrons. The van der Waals surface area contributed by atoms with Crippen LogP contribution in [0.15, 0.2) is 12.2 Å². The van der Waals surface area contributed by atoms with Gasteiger partial charge < -0.3 is 5.11 Å². The Kier molecular flexibility index (Phi) is 13.4. The maximum atomic E-state index is 8.59. The number of aliphatic hydroxyl groups excluding tert-OH is 1. The summed E-state index contributed by atoms with van der Waals surface area (Å²) < 4.78 is 0. The summed E-state index contributed by atoms with van der Waals surface area (Å²) >= 11 is 0. The molecule has 0 saturated carbocycles. The molecule has 0 radical (unpaired) electrons. The van der Waals surface area contributed by atoms with Crippen LogP contribution in [-0.2, 0) is 0 Å². The highest BCUT2D eigenvalue weighted by Crippen LogP contribution is 2.07. The van der Waals surface area contributed by atoms with Gasteiger partial charge in [-0.3, -0.25) is 0 Å². The molecule has 0 aromatic rings. The molecule has 0 spiro atoms. The van der Waals surface area contributed by atoms with E-state index in [2.05, 4.69) is 19.1 Å². The molecule has 15 heavy (non-hydrogen) atoms. The Morgan fingerprint density at radius 1 is 0.733 bits per heavy atom. The van der Waals surface area contributed by atoms with E-state index in [9.17, 15) is 0 Å². The topological polar surface area (TPSA) is 20.2 Å². The Morgan fingerprint density at radius 2 is 1.27 bits per heavy atom. The van der Waals surface area contributed by atoms with E-state index in [1.807, 2.05) is 0 Å². The van der Waals surface area contributed by atoms with Crippen molar-refractivity contribution in [1.29, 1.82) is 0 Å². The summed E-state index contributed by atoms with van der Waals surface area (Å²) in [7, 11) is 0. The number of hydrogen-bond acceptors (Lipinski definition) is 1. The molecular formula is C14H28O. The molecule has 0 amide bonds. The summed E-state index contributed by atoms with van der Waals surface area (Å²) in [6.07, 6.45) is 17.3. The summed E-state index contributed by atoms with van der Waals surface area (Å²) in [5, 5.41) is 8.59. The molecule has 0 rings (SSSR count). The van der Waals surface area contributed by atoms with E-state index in [1.165, 1.54) is 44.9 Å². The van der Waals surface area contributed by atoms with Gasteiger partial charge >= 0.3 is 0 Å². The second-order valence-corrected chi connectivity index (χ2v) is 4.25. The van der Waals surface area contributed by atoms with E-state index in [0.29, 0.717) is 6.61 Å². The smallest absolute Gasteiger partial charge is 0.0431 e. The van der Waals surface area contributed by atoms with E-state index in [-0.39, 0.29) is 0 Å². The lowest BCUT2D eigenvalue weighted by Gasteiger charge is -1.97. The molecule has 0 fully saturated rings. The monoisotopic (exact) mass is 212 g/mol. The van der Waals surface area contributed by atoms with Gasteiger partial charge in [0.2, 0.25) is 0 Å². The summed E-state index contributed by atoms with van der Waals surface area (Å²) in [5.41, 5.74) is 0. The first-order chi connectivity index (χ1) is 7.41. The fourth-order valence-electron chi connectivity index (χ4n) is 1.65. The maximum absolute atomic E-state index is 8.59. The van der Waals surface area contributed by atoms with Gasteiger partial charge in [-0.15, -0.1) is 0 Å². The van der Waals surface area contributed by atoms with Crippen LogP contribution in [0.1, 0.15) is 71.1 Å². The molecule has 0 aromatic heterocycles. The molecule has 0 bridgehead atoms. The number of allylic oxidation sites excluding steroid dienone is 2. The Bertz CT molecular complexity index is 129. The first-order valence-electron chi connectivity index (χ1n) is 6.67. The highest BCUT2D eigenvalue weighted by atomic mass is 16.2. The summed E-state index contributed by atoms with van der Waals surface area (Å²) in [5.74, 6) is 0. The van der Waals surface area contributed by atoms with Gasteiger partial charge in [0.15, 0.2) is 0 Å². The molecule has 0 unspecified atom stereocenters. The zero-order chi connectivity index (χ0) is 11.2. The van der Waals surface area contributed by atoms with Crippen LogP contribution in [0.2, 0.25) is 0 Å². The van der Waals surface area contributed by atoms with Crippen LogP contribution in [0.3, 0.4) is 0 Å². The lowest BCUT2D eigenvalue weighted by Crippen LogP contribution is -1.80. The van der Waals surface area contributed by atoms with Crippen molar-refractivity contribution < 1.29 is 5.11 Å². The van der Waals surface area contributed by atoms with Crippen LogP contribution in [0.4, 0.5) is 0 Å². The molecule has 0 heterocycles. The van der Waals surface area contributed by atoms with Crippen molar-refractivity contribution in [3.8, 4) is 0 Å². The van der Waals surface area contributed by atoms with Crippen molar-refractivity contribution in [2.24, 2.45) is 0 Å². The van der Waals surface area contributed by atoms with Crippen LogP contribution in [0.5, 0.6) is 0 Å². The predicted molar refractivity (Wildman–Crippen MR) is 68.1 cm³/mol. The van der Waals surface area contributed by atoms with Gasteiger partial charge in [-0.25, -0.2) is 0 Å². The van der Waals surface area contributed by atoms with Gasteiger partial charge in [0.25, 0.3) is 0 Å². The first kappa shape index (κ1) is 14.7. The fraction of sp³-hybridized carbons (Fsp3) is 0.857. The van der Waals surface area contributed by atoms with Crippen molar-refractivity contribution in [2.45, 2.75) is 71.1 Å². The SMILES string of the molecule is CCCCCCCC/C=C/CCCCO. The van der Waals surface area contributed by atoms with Crippen molar-refractivity contribution in [2.75, 3.05) is 6.61 Å². The molecule has 0 aromatic carbocycles. The van der Waals surface area contributed by atoms with Gasteiger partial charge in [0, 0.05) is 6.61 Å². The van der Waals surface area contributed by atoms with E-state index in [1.54, 1.807) is 0 Å². The molecule has 0 aliphatic rings. The second kappa shape index (κ2) is 13.7. The fourth-order valence-corrected chi connectivity index (χ4v) is 1.65. The minimum atomic E-state index is 0.339. The molecule has 0 aliphatic heterocycles. The van der Waals surface area contributed by atoms with Gasteiger partial charge in [-0.1, -0.05) is 51.2 Å². The van der Waals surface area contributed by atoms with Crippen LogP contribution >= 0.6 is 0 Å². The van der Waals surface area contributed by atoms with E-state index in [0.717, 1.165) is 19.3 Å². The summed E-state index contributed by atoms with van der Waals surface area (Å²) in [6.45, 7) is 2.60. The highest BCUT2D eigenvalue weighted by molar-refractivity contribution is 4.81. The number of aliphatic hydroxyl groups is 1. The lowest BCUT2D eigenvalue weighted by atomic mass is 10.1. The van der Waals surface area contributed by atoms with Gasteiger partial charge in [0.1, 0.15) is 0 Å². The van der Waals surface area contributed by atoms with Gasteiger partial charge in [-0.2, -0.15) is 0 Å². The van der Waals surface area contributed by atoms with Crippen LogP contribution in [0.25, 0.3) is 0 Å². The van der Waals surface area contributed by atoms with Gasteiger partial charge in [-0.05, 0) is 32.1 Å². The quantitative estimate of drug-likeness (QED) is 0.396. The largest absolute Gasteiger partial charge is 0.396 e. The second-order valence-electron chi connectivity index (χ2n) is 4.25. The minimum absolute atomic E-state index is 0.339. The van der Waals surface area contributed by atoms with Crippen molar-refractivity contribution in [3.05, 3.63) is 12.2 Å². The third kappa shape index (κ3) is 13.7.